The van der Waals surface area contributed by atoms with Crippen LogP contribution in [0.3, 0.4) is 0 Å². The summed E-state index contributed by atoms with van der Waals surface area (Å²) in [5.74, 6) is -3.54. The Labute approximate surface area is 120 Å². The lowest BCUT2D eigenvalue weighted by atomic mass is 10.3. The standard InChI is InChI=1S/C12H6F2N2O4S/c13-6-3-8(14)11(16(19)20)10(4-6)21-7-1-2-15-9(5-7)12(17)18/h1-5H,(H,17,18). The highest BCUT2D eigenvalue weighted by Crippen LogP contribution is 2.37. The Morgan fingerprint density at radius 3 is 2.67 bits per heavy atom. The molecule has 1 aromatic heterocycles. The Morgan fingerprint density at radius 2 is 2.05 bits per heavy atom. The minimum atomic E-state index is -1.30. The number of aromatic carboxylic acids is 1. The summed E-state index contributed by atoms with van der Waals surface area (Å²) in [6.07, 6.45) is 1.19. The largest absolute Gasteiger partial charge is 0.477 e. The van der Waals surface area contributed by atoms with Crippen LogP contribution >= 0.6 is 11.8 Å². The van der Waals surface area contributed by atoms with Gasteiger partial charge < -0.3 is 5.11 Å². The molecule has 9 heteroatoms. The molecule has 0 aliphatic heterocycles. The second-order valence-corrected chi connectivity index (χ2v) is 4.89. The number of rotatable bonds is 4. The fourth-order valence-electron chi connectivity index (χ4n) is 1.52. The van der Waals surface area contributed by atoms with Crippen LogP contribution in [-0.4, -0.2) is 21.0 Å². The second-order valence-electron chi connectivity index (χ2n) is 3.78. The van der Waals surface area contributed by atoms with E-state index in [9.17, 15) is 23.7 Å². The normalized spacial score (nSPS) is 10.4. The minimum absolute atomic E-state index is 0.260. The smallest absolute Gasteiger partial charge is 0.354 e. The molecule has 0 fully saturated rings. The number of nitro groups is 1. The van der Waals surface area contributed by atoms with E-state index in [1.165, 1.54) is 12.3 Å². The molecular formula is C12H6F2N2O4S. The summed E-state index contributed by atoms with van der Waals surface area (Å²) in [6.45, 7) is 0. The molecule has 108 valence electrons. The van der Waals surface area contributed by atoms with Gasteiger partial charge in [-0.3, -0.25) is 10.1 Å². The van der Waals surface area contributed by atoms with Crippen molar-refractivity contribution in [3.8, 4) is 0 Å². The molecule has 2 aromatic rings. The summed E-state index contributed by atoms with van der Waals surface area (Å²) in [7, 11) is 0. The molecule has 6 nitrogen and oxygen atoms in total. The highest BCUT2D eigenvalue weighted by Gasteiger charge is 2.23. The van der Waals surface area contributed by atoms with Gasteiger partial charge in [0.05, 0.1) is 9.82 Å². The van der Waals surface area contributed by atoms with E-state index in [0.29, 0.717) is 17.8 Å². The first-order valence-electron chi connectivity index (χ1n) is 5.39. The molecule has 1 N–H and O–H groups in total. The predicted octanol–water partition coefficient (Wildman–Crippen LogP) is 3.12. The van der Waals surface area contributed by atoms with Crippen molar-refractivity contribution in [2.45, 2.75) is 9.79 Å². The molecule has 0 saturated heterocycles. The average molecular weight is 312 g/mol. The number of nitro benzene ring substituents is 1. The number of nitrogens with zero attached hydrogens (tertiary/aromatic N) is 2. The van der Waals surface area contributed by atoms with Gasteiger partial charge in [-0.25, -0.2) is 14.2 Å². The van der Waals surface area contributed by atoms with Crippen molar-refractivity contribution >= 4 is 23.4 Å². The lowest BCUT2D eigenvalue weighted by molar-refractivity contribution is -0.390. The molecule has 0 saturated carbocycles. The van der Waals surface area contributed by atoms with Crippen molar-refractivity contribution in [1.82, 2.24) is 4.98 Å². The lowest BCUT2D eigenvalue weighted by Gasteiger charge is -2.05. The van der Waals surface area contributed by atoms with Crippen LogP contribution in [0.5, 0.6) is 0 Å². The maximum absolute atomic E-state index is 13.5. The van der Waals surface area contributed by atoms with Crippen molar-refractivity contribution in [1.29, 1.82) is 0 Å². The highest BCUT2D eigenvalue weighted by molar-refractivity contribution is 7.99. The number of carboxylic acids is 1. The summed E-state index contributed by atoms with van der Waals surface area (Å²) in [5, 5.41) is 19.6. The molecule has 0 spiro atoms. The zero-order valence-corrected chi connectivity index (χ0v) is 10.9. The molecule has 0 aliphatic rings. The van der Waals surface area contributed by atoms with E-state index in [2.05, 4.69) is 4.98 Å². The Bertz CT molecular complexity index is 739. The zero-order valence-electron chi connectivity index (χ0n) is 10.1. The molecule has 21 heavy (non-hydrogen) atoms. The molecule has 0 unspecified atom stereocenters. The van der Waals surface area contributed by atoms with E-state index in [4.69, 9.17) is 5.11 Å². The Balaban J connectivity index is 2.46. The first kappa shape index (κ1) is 14.9. The SMILES string of the molecule is O=C(O)c1cc(Sc2cc(F)cc(F)c2[N+](=O)[O-])ccn1. The van der Waals surface area contributed by atoms with Crippen LogP contribution in [-0.2, 0) is 0 Å². The number of aromatic nitrogens is 1. The number of carboxylic acid groups (broad SMARTS) is 1. The van der Waals surface area contributed by atoms with E-state index in [0.717, 1.165) is 12.1 Å². The first-order chi connectivity index (χ1) is 9.88. The zero-order chi connectivity index (χ0) is 15.6. The summed E-state index contributed by atoms with van der Waals surface area (Å²) in [6, 6.07) is 3.76. The third-order valence-electron chi connectivity index (χ3n) is 2.35. The topological polar surface area (TPSA) is 93.3 Å². The maximum Gasteiger partial charge on any atom is 0.354 e. The summed E-state index contributed by atoms with van der Waals surface area (Å²) in [4.78, 5) is 24.2. The highest BCUT2D eigenvalue weighted by atomic mass is 32.2. The third kappa shape index (κ3) is 3.31. The molecule has 1 heterocycles. The molecule has 0 radical (unpaired) electrons. The molecule has 0 atom stereocenters. The van der Waals surface area contributed by atoms with Gasteiger partial charge in [-0.15, -0.1) is 0 Å². The molecule has 0 aliphatic carbocycles. The van der Waals surface area contributed by atoms with Crippen LogP contribution in [0.25, 0.3) is 0 Å². The molecular weight excluding hydrogens is 306 g/mol. The minimum Gasteiger partial charge on any atom is -0.477 e. The van der Waals surface area contributed by atoms with Gasteiger partial charge in [-0.1, -0.05) is 11.8 Å². The van der Waals surface area contributed by atoms with Gasteiger partial charge in [0, 0.05) is 17.2 Å². The lowest BCUT2D eigenvalue weighted by Crippen LogP contribution is -2.00. The molecule has 1 aromatic carbocycles. The third-order valence-corrected chi connectivity index (χ3v) is 3.37. The first-order valence-corrected chi connectivity index (χ1v) is 6.21. The van der Waals surface area contributed by atoms with Gasteiger partial charge in [-0.2, -0.15) is 4.39 Å². The van der Waals surface area contributed by atoms with E-state index in [-0.39, 0.29) is 15.5 Å². The van der Waals surface area contributed by atoms with Gasteiger partial charge in [0.15, 0.2) is 0 Å². The van der Waals surface area contributed by atoms with Crippen LogP contribution < -0.4 is 0 Å². The maximum atomic E-state index is 13.5. The van der Waals surface area contributed by atoms with Gasteiger partial charge in [0.1, 0.15) is 11.5 Å². The van der Waals surface area contributed by atoms with Gasteiger partial charge >= 0.3 is 11.7 Å². The fourth-order valence-corrected chi connectivity index (χ4v) is 2.51. The number of halogens is 2. The number of pyridine rings is 1. The number of hydrogen-bond acceptors (Lipinski definition) is 5. The van der Waals surface area contributed by atoms with E-state index in [1.807, 2.05) is 0 Å². The number of carbonyl (C=O) groups is 1. The fraction of sp³-hybridized carbons (Fsp3) is 0. The van der Waals surface area contributed by atoms with E-state index < -0.39 is 28.2 Å². The quantitative estimate of drug-likeness (QED) is 0.688. The number of benzene rings is 1. The van der Waals surface area contributed by atoms with Crippen molar-refractivity contribution in [3.63, 3.8) is 0 Å². The second kappa shape index (κ2) is 5.83. The van der Waals surface area contributed by atoms with Crippen LogP contribution in [0.4, 0.5) is 14.5 Å². The monoisotopic (exact) mass is 312 g/mol. The predicted molar refractivity (Wildman–Crippen MR) is 68.3 cm³/mol. The van der Waals surface area contributed by atoms with Crippen molar-refractivity contribution in [2.24, 2.45) is 0 Å². The van der Waals surface area contributed by atoms with Crippen molar-refractivity contribution < 1.29 is 23.6 Å². The average Bonchev–Trinajstić information content (AvgIpc) is 2.37. The van der Waals surface area contributed by atoms with Gasteiger partial charge in [-0.05, 0) is 18.2 Å². The molecule has 0 amide bonds. The summed E-state index contributed by atoms with van der Waals surface area (Å²) < 4.78 is 26.7. The van der Waals surface area contributed by atoms with Crippen LogP contribution in [0.15, 0.2) is 40.3 Å². The Hall–Kier alpha value is -2.55. The van der Waals surface area contributed by atoms with Crippen LogP contribution in [0, 0.1) is 21.7 Å². The molecule has 0 bridgehead atoms. The Morgan fingerprint density at radius 1 is 1.33 bits per heavy atom. The van der Waals surface area contributed by atoms with E-state index >= 15 is 0 Å². The summed E-state index contributed by atoms with van der Waals surface area (Å²) >= 11 is 0.677. The molecule has 2 rings (SSSR count). The summed E-state index contributed by atoms with van der Waals surface area (Å²) in [5.41, 5.74) is -1.14. The van der Waals surface area contributed by atoms with Crippen molar-refractivity contribution in [2.75, 3.05) is 0 Å². The van der Waals surface area contributed by atoms with Gasteiger partial charge in [0.2, 0.25) is 5.82 Å². The van der Waals surface area contributed by atoms with Crippen LogP contribution in [0.2, 0.25) is 0 Å². The van der Waals surface area contributed by atoms with E-state index in [1.54, 1.807) is 0 Å². The van der Waals surface area contributed by atoms with Gasteiger partial charge in [0.25, 0.3) is 0 Å². The van der Waals surface area contributed by atoms with Crippen LogP contribution in [0.1, 0.15) is 10.5 Å². The Kier molecular flexibility index (Phi) is 4.13. The number of hydrogen-bond donors (Lipinski definition) is 1. The van der Waals surface area contributed by atoms with Crippen molar-refractivity contribution in [3.05, 3.63) is 57.9 Å².